The summed E-state index contributed by atoms with van der Waals surface area (Å²) in [7, 11) is -3.92. The van der Waals surface area contributed by atoms with Crippen LogP contribution in [0.4, 0.5) is 0 Å². The number of imide groups is 1. The van der Waals surface area contributed by atoms with E-state index < -0.39 is 10.1 Å². The Morgan fingerprint density at radius 2 is 1.79 bits per heavy atom. The quantitative estimate of drug-likeness (QED) is 0.316. The van der Waals surface area contributed by atoms with Gasteiger partial charge in [0.1, 0.15) is 6.67 Å². The Morgan fingerprint density at radius 1 is 1.37 bits per heavy atom. The maximum absolute atomic E-state index is 11.0. The second-order valence-corrected chi connectivity index (χ2v) is 4.87. The Kier molecular flexibility index (Phi) is 6.90. The number of carbonyl (C=O) groups is 3. The fourth-order valence-electron chi connectivity index (χ4n) is 1.09. The first-order chi connectivity index (χ1) is 8.65. The van der Waals surface area contributed by atoms with Crippen LogP contribution >= 0.6 is 0 Å². The van der Waals surface area contributed by atoms with Gasteiger partial charge in [0.25, 0.3) is 11.8 Å². The van der Waals surface area contributed by atoms with Gasteiger partial charge in [-0.05, 0) is 0 Å². The van der Waals surface area contributed by atoms with E-state index in [4.69, 9.17) is 13.0 Å². The van der Waals surface area contributed by atoms with Crippen LogP contribution in [0.25, 0.3) is 0 Å². The first-order valence-corrected chi connectivity index (χ1v) is 6.97. The minimum Gasteiger partial charge on any atom is -0.748 e. The molecular weight excluding hydrogens is 278 g/mol. The van der Waals surface area contributed by atoms with Crippen molar-refractivity contribution in [3.63, 3.8) is 0 Å². The van der Waals surface area contributed by atoms with Gasteiger partial charge >= 0.3 is 0 Å². The fraction of sp³-hybridized carbons (Fsp3) is 0.444. The molecule has 0 radical (unpaired) electrons. The lowest BCUT2D eigenvalue weighted by Crippen LogP contribution is -2.58. The van der Waals surface area contributed by atoms with E-state index >= 15 is 0 Å². The van der Waals surface area contributed by atoms with Crippen LogP contribution in [-0.4, -0.2) is 55.1 Å². The summed E-state index contributed by atoms with van der Waals surface area (Å²) in [4.78, 5) is 34.1. The standard InChI is InChI=1S/C8H11N3O3.CH4O3S/c9-5-10-6(12)3-4-11-7(13)1-2-8(11)14;1-5(2,3)4/h1-2H,3-5,9H2,(H,10,12);1H3,(H,2,3,4). The topological polar surface area (TPSA) is 151 Å². The summed E-state index contributed by atoms with van der Waals surface area (Å²) in [5.74, 6) is -0.942. The number of rotatable bonds is 4. The zero-order valence-corrected chi connectivity index (χ0v) is 11.1. The molecule has 10 heteroatoms. The van der Waals surface area contributed by atoms with Crippen molar-refractivity contribution in [3.8, 4) is 0 Å². The van der Waals surface area contributed by atoms with Gasteiger partial charge in [-0.2, -0.15) is 0 Å². The summed E-state index contributed by atoms with van der Waals surface area (Å²) in [5, 5.41) is 2.48. The van der Waals surface area contributed by atoms with Crippen molar-refractivity contribution in [2.24, 2.45) is 0 Å². The number of nitrogens with one attached hydrogen (secondary N) is 1. The molecule has 1 aliphatic heterocycles. The van der Waals surface area contributed by atoms with E-state index in [1.54, 1.807) is 0 Å². The molecule has 0 aliphatic carbocycles. The normalized spacial score (nSPS) is 14.2. The predicted molar refractivity (Wildman–Crippen MR) is 62.0 cm³/mol. The van der Waals surface area contributed by atoms with Crippen LogP contribution in [0.15, 0.2) is 12.2 Å². The van der Waals surface area contributed by atoms with Gasteiger partial charge in [0.15, 0.2) is 0 Å². The number of amides is 3. The summed E-state index contributed by atoms with van der Waals surface area (Å²) in [6, 6.07) is 0. The zero-order chi connectivity index (χ0) is 15.1. The van der Waals surface area contributed by atoms with Crippen molar-refractivity contribution in [1.82, 2.24) is 10.2 Å². The maximum Gasteiger partial charge on any atom is 0.253 e. The van der Waals surface area contributed by atoms with Crippen LogP contribution in [0.5, 0.6) is 0 Å². The Hall–Kier alpha value is -1.78. The highest BCUT2D eigenvalue weighted by Crippen LogP contribution is 2.03. The van der Waals surface area contributed by atoms with Crippen molar-refractivity contribution >= 4 is 27.8 Å². The summed E-state index contributed by atoms with van der Waals surface area (Å²) < 4.78 is 27.2. The molecule has 4 N–H and O–H groups in total. The van der Waals surface area contributed by atoms with E-state index in [0.717, 1.165) is 4.90 Å². The summed E-state index contributed by atoms with van der Waals surface area (Å²) in [6.45, 7) is 0.426. The molecule has 0 aromatic rings. The molecule has 0 aromatic heterocycles. The third-order valence-corrected chi connectivity index (χ3v) is 1.79. The lowest BCUT2D eigenvalue weighted by atomic mass is 10.3. The molecule has 0 saturated heterocycles. The van der Waals surface area contributed by atoms with Gasteiger partial charge in [0.05, 0.1) is 10.1 Å². The molecule has 1 rings (SSSR count). The van der Waals surface area contributed by atoms with E-state index in [1.807, 2.05) is 0 Å². The summed E-state index contributed by atoms with van der Waals surface area (Å²) in [5.41, 5.74) is 3.44. The van der Waals surface area contributed by atoms with E-state index in [9.17, 15) is 14.4 Å². The van der Waals surface area contributed by atoms with Gasteiger partial charge in [-0.3, -0.25) is 19.3 Å². The minimum absolute atomic E-state index is 0.120. The Labute approximate surface area is 110 Å². The second-order valence-electron chi connectivity index (χ2n) is 3.47. The van der Waals surface area contributed by atoms with Crippen molar-refractivity contribution in [2.45, 2.75) is 6.42 Å². The number of hydrogen-bond acceptors (Lipinski definition) is 6. The van der Waals surface area contributed by atoms with E-state index in [-0.39, 0.29) is 30.7 Å². The van der Waals surface area contributed by atoms with Gasteiger partial charge in [-0.25, -0.2) is 8.42 Å². The largest absolute Gasteiger partial charge is 0.748 e. The Morgan fingerprint density at radius 3 is 2.16 bits per heavy atom. The van der Waals surface area contributed by atoms with Crippen molar-refractivity contribution in [3.05, 3.63) is 12.2 Å². The van der Waals surface area contributed by atoms with Gasteiger partial charge < -0.3 is 15.6 Å². The van der Waals surface area contributed by atoms with E-state index in [2.05, 4.69) is 11.1 Å². The van der Waals surface area contributed by atoms with Crippen molar-refractivity contribution in [1.29, 1.82) is 0 Å². The maximum atomic E-state index is 11.0. The number of nitrogens with zero attached hydrogens (tertiary/aromatic N) is 1. The van der Waals surface area contributed by atoms with E-state index in [1.165, 1.54) is 12.2 Å². The van der Waals surface area contributed by atoms with Crippen LogP contribution in [0.1, 0.15) is 6.42 Å². The zero-order valence-electron chi connectivity index (χ0n) is 10.3. The first kappa shape index (κ1) is 17.2. The van der Waals surface area contributed by atoms with Gasteiger partial charge in [0, 0.05) is 31.4 Å². The SMILES string of the molecule is CS(=O)(=O)[O-].[NH3+]CNC(=O)CCN1C(=O)C=CC1=O. The molecule has 108 valence electrons. The Balaban J connectivity index is 0.000000555. The van der Waals surface area contributed by atoms with Crippen LogP contribution in [-0.2, 0) is 24.5 Å². The lowest BCUT2D eigenvalue weighted by molar-refractivity contribution is -0.372. The number of carbonyl (C=O) groups excluding carboxylic acids is 3. The minimum atomic E-state index is -3.92. The Bertz CT molecular complexity index is 458. The molecule has 0 fully saturated rings. The lowest BCUT2D eigenvalue weighted by Gasteiger charge is -2.12. The van der Waals surface area contributed by atoms with Crippen LogP contribution < -0.4 is 11.1 Å². The number of quaternary nitrogens is 1. The fourth-order valence-corrected chi connectivity index (χ4v) is 1.09. The summed E-state index contributed by atoms with van der Waals surface area (Å²) >= 11 is 0. The molecule has 3 amide bonds. The molecule has 0 unspecified atom stereocenters. The van der Waals surface area contributed by atoms with Gasteiger partial charge in [0.2, 0.25) is 5.91 Å². The molecule has 0 spiro atoms. The van der Waals surface area contributed by atoms with Crippen molar-refractivity contribution < 1.29 is 33.1 Å². The first-order valence-electron chi connectivity index (χ1n) is 5.15. The molecular formula is C9H15N3O6S. The molecule has 0 atom stereocenters. The van der Waals surface area contributed by atoms with Crippen LogP contribution in [0.2, 0.25) is 0 Å². The highest BCUT2D eigenvalue weighted by atomic mass is 32.2. The molecule has 9 nitrogen and oxygen atoms in total. The summed E-state index contributed by atoms with van der Waals surface area (Å²) in [6.07, 6.45) is 3.12. The third kappa shape index (κ3) is 8.88. The van der Waals surface area contributed by atoms with E-state index in [0.29, 0.717) is 12.9 Å². The van der Waals surface area contributed by atoms with Crippen molar-refractivity contribution in [2.75, 3.05) is 19.5 Å². The average molecular weight is 293 g/mol. The smallest absolute Gasteiger partial charge is 0.253 e. The predicted octanol–water partition coefficient (Wildman–Crippen LogP) is -3.22. The highest BCUT2D eigenvalue weighted by molar-refractivity contribution is 7.84. The average Bonchev–Trinajstić information content (AvgIpc) is 2.54. The van der Waals surface area contributed by atoms with Gasteiger partial charge in [-0.1, -0.05) is 0 Å². The molecule has 1 heterocycles. The molecule has 19 heavy (non-hydrogen) atoms. The van der Waals surface area contributed by atoms with Gasteiger partial charge in [-0.15, -0.1) is 0 Å². The third-order valence-electron chi connectivity index (χ3n) is 1.79. The van der Waals surface area contributed by atoms with Crippen LogP contribution in [0, 0.1) is 0 Å². The monoisotopic (exact) mass is 293 g/mol. The molecule has 0 bridgehead atoms. The highest BCUT2D eigenvalue weighted by Gasteiger charge is 2.23. The number of hydrogen-bond donors (Lipinski definition) is 2. The molecule has 0 saturated carbocycles. The molecule has 1 aliphatic rings. The van der Waals surface area contributed by atoms with Crippen LogP contribution in [0.3, 0.4) is 0 Å². The molecule has 0 aromatic carbocycles. The second kappa shape index (κ2) is 7.61.